The number of carbonyl (C=O) groups is 1. The molecule has 0 aliphatic carbocycles. The fourth-order valence-corrected chi connectivity index (χ4v) is 2.90. The summed E-state index contributed by atoms with van der Waals surface area (Å²) in [6.07, 6.45) is 0. The third-order valence-electron chi connectivity index (χ3n) is 3.21. The van der Waals surface area contributed by atoms with Gasteiger partial charge in [-0.25, -0.2) is 9.18 Å². The number of carbonyl (C=O) groups excluding carboxylic acids is 1. The van der Waals surface area contributed by atoms with Gasteiger partial charge < -0.3 is 15.5 Å². The van der Waals surface area contributed by atoms with E-state index in [0.717, 1.165) is 5.56 Å². The number of urea groups is 1. The van der Waals surface area contributed by atoms with Crippen LogP contribution in [0.1, 0.15) is 11.6 Å². The third kappa shape index (κ3) is 4.19. The van der Waals surface area contributed by atoms with Crippen molar-refractivity contribution in [3.05, 3.63) is 51.4 Å². The quantitative estimate of drug-likeness (QED) is 0.864. The van der Waals surface area contributed by atoms with Gasteiger partial charge in [0.15, 0.2) is 5.82 Å². The van der Waals surface area contributed by atoms with Gasteiger partial charge in [0.2, 0.25) is 0 Å². The molecule has 0 saturated heterocycles. The molecule has 118 valence electrons. The van der Waals surface area contributed by atoms with E-state index in [9.17, 15) is 9.18 Å². The van der Waals surface area contributed by atoms with E-state index < -0.39 is 11.8 Å². The number of halogens is 2. The van der Waals surface area contributed by atoms with Crippen LogP contribution in [0.4, 0.5) is 14.9 Å². The number of hydrogen-bond donors (Lipinski definition) is 2. The lowest BCUT2D eigenvalue weighted by Gasteiger charge is -2.24. The number of anilines is 1. The molecule has 1 heterocycles. The lowest BCUT2D eigenvalue weighted by atomic mass is 10.1. The Labute approximate surface area is 137 Å². The molecule has 1 aromatic carbocycles. The Kier molecular flexibility index (Phi) is 5.76. The van der Waals surface area contributed by atoms with E-state index in [1.807, 2.05) is 35.8 Å². The minimum absolute atomic E-state index is 0.0257. The van der Waals surface area contributed by atoms with Crippen molar-refractivity contribution in [1.29, 1.82) is 0 Å². The summed E-state index contributed by atoms with van der Waals surface area (Å²) in [4.78, 5) is 13.9. The fourth-order valence-electron chi connectivity index (χ4n) is 2.02. The van der Waals surface area contributed by atoms with Crippen molar-refractivity contribution in [2.24, 2.45) is 0 Å². The normalized spacial score (nSPS) is 12.2. The molecule has 2 amide bonds. The second kappa shape index (κ2) is 7.58. The number of thiophene rings is 1. The van der Waals surface area contributed by atoms with Gasteiger partial charge in [-0.3, -0.25) is 0 Å². The van der Waals surface area contributed by atoms with Gasteiger partial charge in [0, 0.05) is 6.54 Å². The summed E-state index contributed by atoms with van der Waals surface area (Å²) in [5, 5.41) is 9.23. The molecule has 2 rings (SSSR count). The molecule has 0 unspecified atom stereocenters. The van der Waals surface area contributed by atoms with Gasteiger partial charge in [0.05, 0.1) is 16.8 Å². The van der Waals surface area contributed by atoms with Crippen molar-refractivity contribution in [1.82, 2.24) is 10.2 Å². The van der Waals surface area contributed by atoms with Crippen molar-refractivity contribution in [3.63, 3.8) is 0 Å². The molecule has 2 aromatic rings. The van der Waals surface area contributed by atoms with Gasteiger partial charge in [-0.1, -0.05) is 17.7 Å². The monoisotopic (exact) mass is 341 g/mol. The van der Waals surface area contributed by atoms with Gasteiger partial charge >= 0.3 is 6.03 Å². The van der Waals surface area contributed by atoms with Crippen LogP contribution in [0.3, 0.4) is 0 Å². The molecular formula is C15H17ClFN3OS. The Morgan fingerprint density at radius 1 is 1.41 bits per heavy atom. The van der Waals surface area contributed by atoms with Crippen LogP contribution in [0.5, 0.6) is 0 Å². The molecule has 2 N–H and O–H groups in total. The summed E-state index contributed by atoms with van der Waals surface area (Å²) in [6.45, 7) is 0.414. The molecule has 0 aliphatic heterocycles. The summed E-state index contributed by atoms with van der Waals surface area (Å²) >= 11 is 7.29. The average Bonchev–Trinajstić information content (AvgIpc) is 2.98. The Morgan fingerprint density at radius 2 is 2.18 bits per heavy atom. The van der Waals surface area contributed by atoms with Crippen LogP contribution >= 0.6 is 22.9 Å². The summed E-state index contributed by atoms with van der Waals surface area (Å²) in [6, 6.07) is 6.08. The maximum atomic E-state index is 13.7. The summed E-state index contributed by atoms with van der Waals surface area (Å²) in [5.41, 5.74) is 1.19. The Bertz CT molecular complexity index is 634. The minimum Gasteiger partial charge on any atom is -0.336 e. The van der Waals surface area contributed by atoms with Crippen molar-refractivity contribution < 1.29 is 9.18 Å². The fraction of sp³-hybridized carbons (Fsp3) is 0.267. The van der Waals surface area contributed by atoms with Crippen LogP contribution in [-0.2, 0) is 0 Å². The number of nitrogens with one attached hydrogen (secondary N) is 2. The van der Waals surface area contributed by atoms with Gasteiger partial charge in [0.1, 0.15) is 0 Å². The summed E-state index contributed by atoms with van der Waals surface area (Å²) in [5.74, 6) is -0.638. The zero-order valence-electron chi connectivity index (χ0n) is 12.3. The van der Waals surface area contributed by atoms with E-state index in [1.165, 1.54) is 12.1 Å². The highest BCUT2D eigenvalue weighted by Crippen LogP contribution is 2.22. The zero-order valence-corrected chi connectivity index (χ0v) is 13.8. The molecular weight excluding hydrogens is 325 g/mol. The lowest BCUT2D eigenvalue weighted by Crippen LogP contribution is -2.36. The Balaban J connectivity index is 1.96. The second-order valence-electron chi connectivity index (χ2n) is 4.97. The molecule has 0 aliphatic rings. The van der Waals surface area contributed by atoms with E-state index in [1.54, 1.807) is 17.4 Å². The van der Waals surface area contributed by atoms with Crippen LogP contribution in [-0.4, -0.2) is 31.6 Å². The Hall–Kier alpha value is -1.63. The highest BCUT2D eigenvalue weighted by Gasteiger charge is 2.16. The molecule has 0 radical (unpaired) electrons. The average molecular weight is 342 g/mol. The molecule has 0 bridgehead atoms. The number of rotatable bonds is 5. The lowest BCUT2D eigenvalue weighted by molar-refractivity contribution is 0.243. The van der Waals surface area contributed by atoms with E-state index in [-0.39, 0.29) is 16.8 Å². The number of benzene rings is 1. The summed E-state index contributed by atoms with van der Waals surface area (Å²) in [7, 11) is 3.89. The highest BCUT2D eigenvalue weighted by molar-refractivity contribution is 7.07. The SMILES string of the molecule is CN(C)[C@H](CNC(=O)Nc1cccc(Cl)c1F)c1ccsc1. The first-order chi connectivity index (χ1) is 10.5. The minimum atomic E-state index is -0.638. The van der Waals surface area contributed by atoms with Crippen molar-refractivity contribution in [3.8, 4) is 0 Å². The van der Waals surface area contributed by atoms with Gasteiger partial charge in [-0.15, -0.1) is 0 Å². The van der Waals surface area contributed by atoms with E-state index in [0.29, 0.717) is 6.54 Å². The zero-order chi connectivity index (χ0) is 16.1. The molecule has 0 fully saturated rings. The molecule has 1 aromatic heterocycles. The molecule has 1 atom stereocenters. The topological polar surface area (TPSA) is 44.4 Å². The predicted octanol–water partition coefficient (Wildman–Crippen LogP) is 3.97. The number of amides is 2. The van der Waals surface area contributed by atoms with E-state index in [4.69, 9.17) is 11.6 Å². The molecule has 0 spiro atoms. The van der Waals surface area contributed by atoms with Crippen LogP contribution in [0.2, 0.25) is 5.02 Å². The van der Waals surface area contributed by atoms with Gasteiger partial charge in [-0.05, 0) is 48.6 Å². The maximum absolute atomic E-state index is 13.7. The summed E-state index contributed by atoms with van der Waals surface area (Å²) < 4.78 is 13.7. The largest absolute Gasteiger partial charge is 0.336 e. The standard InChI is InChI=1S/C15H17ClFN3OS/c1-20(2)13(10-6-7-22-9-10)8-18-15(21)19-12-5-3-4-11(16)14(12)17/h3-7,9,13H,8H2,1-2H3,(H2,18,19,21)/t13-/m1/s1. The number of hydrogen-bond acceptors (Lipinski definition) is 3. The van der Waals surface area contributed by atoms with Crippen molar-refractivity contribution in [2.75, 3.05) is 26.0 Å². The smallest absolute Gasteiger partial charge is 0.319 e. The van der Waals surface area contributed by atoms with Crippen molar-refractivity contribution in [2.45, 2.75) is 6.04 Å². The number of likely N-dealkylation sites (N-methyl/N-ethyl adjacent to an activating group) is 1. The van der Waals surface area contributed by atoms with E-state index in [2.05, 4.69) is 10.6 Å². The van der Waals surface area contributed by atoms with E-state index >= 15 is 0 Å². The second-order valence-corrected chi connectivity index (χ2v) is 6.16. The highest BCUT2D eigenvalue weighted by atomic mass is 35.5. The molecule has 22 heavy (non-hydrogen) atoms. The third-order valence-corrected chi connectivity index (χ3v) is 4.20. The van der Waals surface area contributed by atoms with Crippen LogP contribution in [0, 0.1) is 5.82 Å². The molecule has 7 heteroatoms. The first kappa shape index (κ1) is 16.7. The van der Waals surface area contributed by atoms with Crippen LogP contribution < -0.4 is 10.6 Å². The Morgan fingerprint density at radius 3 is 2.82 bits per heavy atom. The number of nitrogens with zero attached hydrogens (tertiary/aromatic N) is 1. The molecule has 0 saturated carbocycles. The first-order valence-electron chi connectivity index (χ1n) is 6.66. The van der Waals surface area contributed by atoms with Crippen molar-refractivity contribution >= 4 is 34.7 Å². The van der Waals surface area contributed by atoms with Crippen LogP contribution in [0.25, 0.3) is 0 Å². The predicted molar refractivity (Wildman–Crippen MR) is 89.2 cm³/mol. The van der Waals surface area contributed by atoms with Crippen LogP contribution in [0.15, 0.2) is 35.0 Å². The maximum Gasteiger partial charge on any atom is 0.319 e. The van der Waals surface area contributed by atoms with Gasteiger partial charge in [-0.2, -0.15) is 11.3 Å². The molecule has 4 nitrogen and oxygen atoms in total. The van der Waals surface area contributed by atoms with Gasteiger partial charge in [0.25, 0.3) is 0 Å². The first-order valence-corrected chi connectivity index (χ1v) is 7.98.